The molecule has 0 bridgehead atoms. The number of hydrogen-bond donors (Lipinski definition) is 2. The summed E-state index contributed by atoms with van der Waals surface area (Å²) in [6, 6.07) is 1.07. The molecule has 27 heavy (non-hydrogen) atoms. The third-order valence-electron chi connectivity index (χ3n) is 7.22. The van der Waals surface area contributed by atoms with E-state index in [-0.39, 0.29) is 24.0 Å². The minimum absolute atomic E-state index is 0. The van der Waals surface area contributed by atoms with Gasteiger partial charge < -0.3 is 15.4 Å². The van der Waals surface area contributed by atoms with E-state index in [0.717, 1.165) is 32.2 Å². The number of likely N-dealkylation sites (tertiary alicyclic amines) is 1. The Hall–Kier alpha value is -0.340. The van der Waals surface area contributed by atoms with Gasteiger partial charge in [-0.05, 0) is 39.0 Å². The first-order valence-electron chi connectivity index (χ1n) is 10.6. The molecule has 0 radical (unpaired) electrons. The number of hydrogen-bond acceptors (Lipinski definition) is 3. The van der Waals surface area contributed by atoms with Gasteiger partial charge in [-0.2, -0.15) is 0 Å². The third-order valence-corrected chi connectivity index (χ3v) is 7.22. The number of guanidine groups is 1. The van der Waals surface area contributed by atoms with Crippen molar-refractivity contribution < 1.29 is 4.74 Å². The minimum atomic E-state index is 0. The van der Waals surface area contributed by atoms with Crippen molar-refractivity contribution >= 4 is 29.9 Å². The summed E-state index contributed by atoms with van der Waals surface area (Å²) in [7, 11) is 1.91. The second kappa shape index (κ2) is 8.99. The predicted octanol–water partition coefficient (Wildman–Crippen LogP) is 3.16. The lowest BCUT2D eigenvalue weighted by Crippen LogP contribution is -2.69. The summed E-state index contributed by atoms with van der Waals surface area (Å²) < 4.78 is 6.12. The second-order valence-electron chi connectivity index (χ2n) is 9.03. The summed E-state index contributed by atoms with van der Waals surface area (Å²) in [6.07, 6.45) is 9.43. The molecule has 0 aromatic carbocycles. The summed E-state index contributed by atoms with van der Waals surface area (Å²) in [5.41, 5.74) is 1.64. The zero-order chi connectivity index (χ0) is 18.1. The standard InChI is InChI=1S/C21H36N4O.HI/c1-15(2)14-25-11-6-16(7-12-25)23-20(22-3)24-18-17-8-13-26-19(17)21(18)9-4-5-10-21;/h16-19H,1,4-14H2,2-3H3,(H2,22,23,24);1H. The highest BCUT2D eigenvalue weighted by atomic mass is 127. The van der Waals surface area contributed by atoms with Crippen molar-refractivity contribution in [3.63, 3.8) is 0 Å². The van der Waals surface area contributed by atoms with Crippen molar-refractivity contribution in [1.82, 2.24) is 15.5 Å². The van der Waals surface area contributed by atoms with Gasteiger partial charge >= 0.3 is 0 Å². The van der Waals surface area contributed by atoms with E-state index in [2.05, 4.69) is 34.0 Å². The lowest BCUT2D eigenvalue weighted by Gasteiger charge is -2.57. The fourth-order valence-corrected chi connectivity index (χ4v) is 6.03. The molecule has 5 nitrogen and oxygen atoms in total. The number of nitrogens with one attached hydrogen (secondary N) is 2. The van der Waals surface area contributed by atoms with Crippen LogP contribution in [0.3, 0.4) is 0 Å². The molecule has 4 aliphatic rings. The highest BCUT2D eigenvalue weighted by Gasteiger charge is 2.65. The maximum atomic E-state index is 6.12. The lowest BCUT2D eigenvalue weighted by atomic mass is 9.54. The van der Waals surface area contributed by atoms with Gasteiger partial charge in [0.25, 0.3) is 0 Å². The molecule has 4 rings (SSSR count). The average Bonchev–Trinajstić information content (AvgIpc) is 3.28. The third kappa shape index (κ3) is 4.17. The number of rotatable bonds is 4. The van der Waals surface area contributed by atoms with Gasteiger partial charge in [-0.1, -0.05) is 25.0 Å². The van der Waals surface area contributed by atoms with Crippen LogP contribution in [-0.4, -0.2) is 62.3 Å². The number of ether oxygens (including phenoxy) is 1. The molecule has 2 saturated heterocycles. The van der Waals surface area contributed by atoms with Gasteiger partial charge in [0.2, 0.25) is 0 Å². The zero-order valence-corrected chi connectivity index (χ0v) is 19.3. The van der Waals surface area contributed by atoms with E-state index in [0.29, 0.717) is 29.5 Å². The van der Waals surface area contributed by atoms with Crippen LogP contribution in [-0.2, 0) is 4.74 Å². The van der Waals surface area contributed by atoms with Gasteiger partial charge in [-0.25, -0.2) is 0 Å². The smallest absolute Gasteiger partial charge is 0.191 e. The molecule has 0 aromatic heterocycles. The van der Waals surface area contributed by atoms with Crippen molar-refractivity contribution in [2.45, 2.75) is 70.1 Å². The summed E-state index contributed by atoms with van der Waals surface area (Å²) >= 11 is 0. The van der Waals surface area contributed by atoms with Crippen LogP contribution >= 0.6 is 24.0 Å². The Balaban J connectivity index is 0.00000210. The molecule has 3 atom stereocenters. The fourth-order valence-electron chi connectivity index (χ4n) is 6.03. The number of fused-ring (bicyclic) bond motifs is 2. The van der Waals surface area contributed by atoms with Crippen molar-refractivity contribution in [1.29, 1.82) is 0 Å². The normalized spacial score (nSPS) is 33.3. The van der Waals surface area contributed by atoms with Crippen LogP contribution in [0.5, 0.6) is 0 Å². The van der Waals surface area contributed by atoms with E-state index in [1.54, 1.807) is 0 Å². The maximum absolute atomic E-state index is 6.12. The average molecular weight is 488 g/mol. The number of aliphatic imine (C=N–C) groups is 1. The molecule has 2 aliphatic carbocycles. The number of nitrogens with zero attached hydrogens (tertiary/aromatic N) is 2. The topological polar surface area (TPSA) is 48.9 Å². The first kappa shape index (κ1) is 21.4. The van der Waals surface area contributed by atoms with E-state index < -0.39 is 0 Å². The van der Waals surface area contributed by atoms with Gasteiger partial charge in [0.15, 0.2) is 5.96 Å². The van der Waals surface area contributed by atoms with E-state index in [4.69, 9.17) is 4.74 Å². The Kier molecular flexibility index (Phi) is 7.12. The Morgan fingerprint density at radius 2 is 1.89 bits per heavy atom. The molecule has 2 aliphatic heterocycles. The zero-order valence-electron chi connectivity index (χ0n) is 17.0. The molecular weight excluding hydrogens is 451 g/mol. The van der Waals surface area contributed by atoms with Gasteiger partial charge in [0, 0.05) is 56.7 Å². The molecule has 154 valence electrons. The number of piperidine rings is 1. The summed E-state index contributed by atoms with van der Waals surface area (Å²) in [5, 5.41) is 7.54. The molecule has 2 N–H and O–H groups in total. The van der Waals surface area contributed by atoms with Crippen LogP contribution in [0, 0.1) is 11.3 Å². The van der Waals surface area contributed by atoms with Crippen molar-refractivity contribution in [3.8, 4) is 0 Å². The summed E-state index contributed by atoms with van der Waals surface area (Å²) in [6.45, 7) is 10.4. The van der Waals surface area contributed by atoms with Crippen LogP contribution in [0.4, 0.5) is 0 Å². The van der Waals surface area contributed by atoms with Gasteiger partial charge in [0.1, 0.15) is 0 Å². The largest absolute Gasteiger partial charge is 0.377 e. The molecule has 1 spiro atoms. The first-order valence-corrected chi connectivity index (χ1v) is 10.6. The summed E-state index contributed by atoms with van der Waals surface area (Å²) in [4.78, 5) is 7.08. The van der Waals surface area contributed by atoms with Crippen LogP contribution in [0.2, 0.25) is 0 Å². The lowest BCUT2D eigenvalue weighted by molar-refractivity contribution is -0.125. The predicted molar refractivity (Wildman–Crippen MR) is 122 cm³/mol. The van der Waals surface area contributed by atoms with E-state index >= 15 is 0 Å². The molecule has 0 aromatic rings. The van der Waals surface area contributed by atoms with Crippen LogP contribution in [0.1, 0.15) is 51.9 Å². The van der Waals surface area contributed by atoms with Gasteiger partial charge in [-0.3, -0.25) is 9.89 Å². The van der Waals surface area contributed by atoms with E-state index in [9.17, 15) is 0 Å². The Bertz CT molecular complexity index is 552. The van der Waals surface area contributed by atoms with Crippen molar-refractivity contribution in [2.24, 2.45) is 16.3 Å². The monoisotopic (exact) mass is 488 g/mol. The molecule has 2 heterocycles. The van der Waals surface area contributed by atoms with Crippen LogP contribution in [0.15, 0.2) is 17.1 Å². The maximum Gasteiger partial charge on any atom is 0.191 e. The van der Waals surface area contributed by atoms with Crippen molar-refractivity contribution in [3.05, 3.63) is 12.2 Å². The SMILES string of the molecule is C=C(C)CN1CCC(NC(=NC)NC2C3CCOC3C23CCCC3)CC1.I. The molecule has 6 heteroatoms. The van der Waals surface area contributed by atoms with Gasteiger partial charge in [0.05, 0.1) is 6.10 Å². The van der Waals surface area contributed by atoms with E-state index in [1.165, 1.54) is 50.5 Å². The first-order chi connectivity index (χ1) is 12.6. The van der Waals surface area contributed by atoms with Crippen molar-refractivity contribution in [2.75, 3.05) is 33.3 Å². The molecule has 4 fully saturated rings. The second-order valence-corrected chi connectivity index (χ2v) is 9.03. The molecule has 2 saturated carbocycles. The fraction of sp³-hybridized carbons (Fsp3) is 0.857. The van der Waals surface area contributed by atoms with Gasteiger partial charge in [-0.15, -0.1) is 24.0 Å². The Labute approximate surface area is 181 Å². The molecular formula is C21H37IN4O. The Morgan fingerprint density at radius 3 is 2.52 bits per heavy atom. The Morgan fingerprint density at radius 1 is 1.19 bits per heavy atom. The molecule has 0 amide bonds. The highest BCUT2D eigenvalue weighted by Crippen LogP contribution is 2.60. The quantitative estimate of drug-likeness (QED) is 0.276. The van der Waals surface area contributed by atoms with E-state index in [1.807, 2.05) is 7.05 Å². The van der Waals surface area contributed by atoms with Crippen LogP contribution in [0.25, 0.3) is 0 Å². The minimum Gasteiger partial charge on any atom is -0.377 e. The summed E-state index contributed by atoms with van der Waals surface area (Å²) in [5.74, 6) is 1.69. The number of halogens is 1. The van der Waals surface area contributed by atoms with Crippen LogP contribution < -0.4 is 10.6 Å². The highest BCUT2D eigenvalue weighted by molar-refractivity contribution is 14.0. The molecule has 3 unspecified atom stereocenters.